The van der Waals surface area contributed by atoms with Crippen molar-refractivity contribution in [2.45, 2.75) is 38.1 Å². The number of aromatic nitrogens is 3. The van der Waals surface area contributed by atoms with Crippen LogP contribution in [0.2, 0.25) is 0 Å². The van der Waals surface area contributed by atoms with Gasteiger partial charge in [-0.2, -0.15) is 18.2 Å². The number of aliphatic carboxylic acids is 1. The van der Waals surface area contributed by atoms with Crippen LogP contribution in [-0.4, -0.2) is 93.7 Å². The molecule has 1 aromatic carbocycles. The Bertz CT molecular complexity index is 1780. The van der Waals surface area contributed by atoms with Gasteiger partial charge in [0.25, 0.3) is 17.9 Å². The van der Waals surface area contributed by atoms with E-state index in [9.17, 15) is 27.9 Å². The molecule has 2 atom stereocenters. The van der Waals surface area contributed by atoms with Crippen LogP contribution in [0, 0.1) is 5.92 Å². The zero-order chi connectivity index (χ0) is 32.7. The van der Waals surface area contributed by atoms with Gasteiger partial charge in [0, 0.05) is 24.4 Å². The number of hydrogen-bond donors (Lipinski definition) is 5. The van der Waals surface area contributed by atoms with Gasteiger partial charge in [0.2, 0.25) is 6.20 Å². The molecule has 2 aromatic heterocycles. The van der Waals surface area contributed by atoms with Crippen molar-refractivity contribution in [3.8, 4) is 5.75 Å². The summed E-state index contributed by atoms with van der Waals surface area (Å²) in [6, 6.07) is 4.01. The average molecular weight is 668 g/mol. The summed E-state index contributed by atoms with van der Waals surface area (Å²) >= 11 is 0.968. The largest absolute Gasteiger partial charge is 0.489 e. The molecule has 45 heavy (non-hydrogen) atoms. The summed E-state index contributed by atoms with van der Waals surface area (Å²) < 4.78 is 45.3. The second-order valence-electron chi connectivity index (χ2n) is 11.0. The summed E-state index contributed by atoms with van der Waals surface area (Å²) in [7, 11) is -3.05. The zero-order valence-corrected chi connectivity index (χ0v) is 25.9. The topological polar surface area (TPSA) is 241 Å². The van der Waals surface area contributed by atoms with Gasteiger partial charge in [0.1, 0.15) is 29.6 Å². The van der Waals surface area contributed by atoms with E-state index < -0.39 is 58.2 Å². The molecular weight excluding hydrogens is 636 g/mol. The molecule has 2 amide bonds. The smallest absolute Gasteiger partial charge is 0.418 e. The van der Waals surface area contributed by atoms with Crippen molar-refractivity contribution in [3.05, 3.63) is 35.5 Å². The minimum absolute atomic E-state index is 0.0679. The Morgan fingerprint density at radius 3 is 2.67 bits per heavy atom. The molecule has 2 saturated heterocycles. The summed E-state index contributed by atoms with van der Waals surface area (Å²) in [5, 5.41) is 21.8. The van der Waals surface area contributed by atoms with Crippen LogP contribution in [0.4, 0.5) is 5.13 Å². The first-order valence-electron chi connectivity index (χ1n) is 13.5. The number of hydrogen-bond acceptors (Lipinski definition) is 13. The molecule has 0 radical (unpaired) electrons. The van der Waals surface area contributed by atoms with Crippen LogP contribution in [0.25, 0.3) is 10.9 Å². The lowest BCUT2D eigenvalue weighted by molar-refractivity contribution is -0.776. The van der Waals surface area contributed by atoms with E-state index >= 15 is 0 Å². The molecule has 0 spiro atoms. The highest BCUT2D eigenvalue weighted by Crippen LogP contribution is 2.33. The van der Waals surface area contributed by atoms with E-state index in [4.69, 9.17) is 19.9 Å². The molecule has 0 aliphatic carbocycles. The number of anilines is 1. The van der Waals surface area contributed by atoms with Gasteiger partial charge >= 0.3 is 16.4 Å². The third kappa shape index (κ3) is 6.83. The number of aryl methyl sites for hydroxylation is 1. The number of ether oxygens (including phenoxy) is 1. The van der Waals surface area contributed by atoms with E-state index in [1.807, 2.05) is 24.0 Å². The fourth-order valence-electron chi connectivity index (χ4n) is 4.78. The van der Waals surface area contributed by atoms with E-state index in [2.05, 4.69) is 29.7 Å². The predicted octanol–water partition coefficient (Wildman–Crippen LogP) is -1.18. The molecular formula is C25H31N8O10S2+. The Morgan fingerprint density at radius 2 is 2.09 bits per heavy atom. The number of carbonyl (C=O) groups excluding carboxylic acids is 2. The van der Waals surface area contributed by atoms with Crippen LogP contribution in [0.15, 0.2) is 34.9 Å². The van der Waals surface area contributed by atoms with Crippen LogP contribution in [-0.2, 0) is 47.5 Å². The Labute approximate surface area is 260 Å². The summed E-state index contributed by atoms with van der Waals surface area (Å²) in [6.45, 7) is 5.04. The van der Waals surface area contributed by atoms with Gasteiger partial charge in [-0.15, -0.1) is 20.3 Å². The average Bonchev–Trinajstić information content (AvgIpc) is 3.50. The molecule has 6 N–H and O–H groups in total. The lowest BCUT2D eigenvalue weighted by atomic mass is 9.84. The number of β-lactam (4-membered cyclic amide) rings is 1. The van der Waals surface area contributed by atoms with Gasteiger partial charge in [-0.3, -0.25) is 14.1 Å². The molecule has 2 aliphatic rings. The zero-order valence-electron chi connectivity index (χ0n) is 24.2. The summed E-state index contributed by atoms with van der Waals surface area (Å²) in [4.78, 5) is 46.9. The molecule has 242 valence electrons. The second-order valence-corrected chi connectivity index (χ2v) is 12.9. The number of oxime groups is 1. The quantitative estimate of drug-likeness (QED) is 0.0475. The summed E-state index contributed by atoms with van der Waals surface area (Å²) in [5.74, 6) is -2.50. The summed E-state index contributed by atoms with van der Waals surface area (Å²) in [6.07, 6.45) is 0.328. The molecule has 4 heterocycles. The van der Waals surface area contributed by atoms with Gasteiger partial charge < -0.3 is 31.0 Å². The predicted molar refractivity (Wildman–Crippen MR) is 156 cm³/mol. The van der Waals surface area contributed by atoms with Gasteiger partial charge in [-0.05, 0) is 32.0 Å². The number of carbonyl (C=O) groups is 3. The van der Waals surface area contributed by atoms with Crippen molar-refractivity contribution >= 4 is 61.3 Å². The Kier molecular flexibility index (Phi) is 8.68. The highest BCUT2D eigenvalue weighted by atomic mass is 32.3. The number of carboxylic acids is 1. The number of nitrogen functional groups attached to an aromatic ring is 1. The SMILES string of the molecule is Cn1c2ccc(OCC(O/N=C(\C(=O)N[C@@H]3C(=O)N(OS(=O)(=O)O)C3(C)C)c3csc(N)n3)C(=O)O)cc2c[n+]1CC1CNC1. The normalized spacial score (nSPS) is 19.1. The highest BCUT2D eigenvalue weighted by Gasteiger charge is 2.58. The molecule has 2 aliphatic heterocycles. The maximum absolute atomic E-state index is 13.2. The number of nitrogens with zero attached hydrogens (tertiary/aromatic N) is 5. The van der Waals surface area contributed by atoms with Gasteiger partial charge in [-0.25, -0.2) is 9.78 Å². The van der Waals surface area contributed by atoms with E-state index in [0.29, 0.717) is 16.7 Å². The number of nitrogens with two attached hydrogens (primary N) is 1. The number of carboxylic acid groups (broad SMARTS) is 1. The lowest BCUT2D eigenvalue weighted by Gasteiger charge is -2.50. The number of nitrogens with one attached hydrogen (secondary N) is 2. The first kappa shape index (κ1) is 32.0. The van der Waals surface area contributed by atoms with Crippen LogP contribution < -0.4 is 25.8 Å². The number of thiazole rings is 1. The maximum Gasteiger partial charge on any atom is 0.418 e. The Hall–Kier alpha value is -4.37. The molecule has 20 heteroatoms. The number of hydroxylamine groups is 2. The standard InChI is InChI=1S/C25H30N8O10S2/c1-25(2)20(22(35)33(25)43-45(38,39)40)29-21(34)19(16-12-44-24(26)28-16)30-42-18(23(36)37)11-41-15-4-5-17-14(6-15)10-32(31(17)3)9-13-7-27-8-13/h4-6,10,12-13,18,20,27H,7-9,11H2,1-3H3,(H4-,26,28,29,34,36,37,38,39,40)/p+1/b30-19-/t18?,20-/m1/s1. The Morgan fingerprint density at radius 1 is 1.36 bits per heavy atom. The first-order valence-corrected chi connectivity index (χ1v) is 15.7. The van der Waals surface area contributed by atoms with Gasteiger partial charge in [0.05, 0.1) is 18.0 Å². The van der Waals surface area contributed by atoms with E-state index in [-0.39, 0.29) is 10.8 Å². The minimum Gasteiger partial charge on any atom is -0.489 e. The van der Waals surface area contributed by atoms with Crippen molar-refractivity contribution in [2.75, 3.05) is 25.4 Å². The molecule has 1 unspecified atom stereocenters. The van der Waals surface area contributed by atoms with Crippen LogP contribution >= 0.6 is 11.3 Å². The van der Waals surface area contributed by atoms with Gasteiger partial charge in [0.15, 0.2) is 17.4 Å². The second kappa shape index (κ2) is 12.2. The number of amides is 2. The molecule has 5 rings (SSSR count). The maximum atomic E-state index is 13.2. The van der Waals surface area contributed by atoms with Gasteiger partial charge in [-0.1, -0.05) is 5.16 Å². The van der Waals surface area contributed by atoms with E-state index in [0.717, 1.165) is 41.9 Å². The minimum atomic E-state index is -5.01. The molecule has 2 fully saturated rings. The lowest BCUT2D eigenvalue weighted by Crippen LogP contribution is -2.76. The van der Waals surface area contributed by atoms with Crippen molar-refractivity contribution in [1.29, 1.82) is 0 Å². The number of fused-ring (bicyclic) bond motifs is 1. The monoisotopic (exact) mass is 667 g/mol. The number of benzene rings is 1. The van der Waals surface area contributed by atoms with E-state index in [1.165, 1.54) is 19.2 Å². The third-order valence-electron chi connectivity index (χ3n) is 7.38. The van der Waals surface area contributed by atoms with Crippen molar-refractivity contribution in [3.63, 3.8) is 0 Å². The van der Waals surface area contributed by atoms with Crippen LogP contribution in [0.5, 0.6) is 5.75 Å². The first-order chi connectivity index (χ1) is 21.1. The summed E-state index contributed by atoms with van der Waals surface area (Å²) in [5.41, 5.74) is 4.66. The fraction of sp³-hybridized carbons (Fsp3) is 0.440. The fourth-order valence-corrected chi connectivity index (χ4v) is 5.78. The van der Waals surface area contributed by atoms with Crippen LogP contribution in [0.1, 0.15) is 19.5 Å². The highest BCUT2D eigenvalue weighted by molar-refractivity contribution is 7.80. The molecule has 18 nitrogen and oxygen atoms in total. The Balaban J connectivity index is 1.29. The molecule has 0 saturated carbocycles. The van der Waals surface area contributed by atoms with Crippen molar-refractivity contribution in [2.24, 2.45) is 18.1 Å². The third-order valence-corrected chi connectivity index (χ3v) is 8.39. The van der Waals surface area contributed by atoms with Crippen molar-refractivity contribution < 1.29 is 51.0 Å². The van der Waals surface area contributed by atoms with Crippen LogP contribution in [0.3, 0.4) is 0 Å². The van der Waals surface area contributed by atoms with Crippen molar-refractivity contribution in [1.82, 2.24) is 25.4 Å². The van der Waals surface area contributed by atoms with E-state index in [1.54, 1.807) is 12.1 Å². The molecule has 3 aromatic rings. The molecule has 0 bridgehead atoms. The number of rotatable bonds is 13.